The van der Waals surface area contributed by atoms with Crippen molar-refractivity contribution in [1.82, 2.24) is 0 Å². The number of ether oxygens (including phenoxy) is 2. The first-order valence-electron chi connectivity index (χ1n) is 13.1. The SMILES string of the molecule is CCCC(O)c1ccc(C2=CCC(OCc3ccc(-c4ccc(C5CO5)c(F)c4F)c(F)c3)CC2)c(F)c1F. The number of epoxide rings is 1. The van der Waals surface area contributed by atoms with Crippen LogP contribution < -0.4 is 0 Å². The molecule has 0 spiro atoms. The molecule has 3 unspecified atom stereocenters. The zero-order valence-corrected chi connectivity index (χ0v) is 21.5. The number of hydrogen-bond acceptors (Lipinski definition) is 3. The third kappa shape index (κ3) is 5.78. The molecule has 0 bridgehead atoms. The van der Waals surface area contributed by atoms with E-state index >= 15 is 0 Å². The Morgan fingerprint density at radius 2 is 1.64 bits per heavy atom. The molecule has 3 nitrogen and oxygen atoms in total. The van der Waals surface area contributed by atoms with Gasteiger partial charge in [-0.05, 0) is 42.9 Å². The Balaban J connectivity index is 1.22. The second-order valence-electron chi connectivity index (χ2n) is 10.0. The molecule has 3 aromatic rings. The molecule has 3 atom stereocenters. The zero-order valence-electron chi connectivity index (χ0n) is 21.5. The van der Waals surface area contributed by atoms with Crippen LogP contribution in [0.15, 0.2) is 48.5 Å². The molecule has 8 heteroatoms. The van der Waals surface area contributed by atoms with Crippen LogP contribution in [0.4, 0.5) is 22.0 Å². The minimum absolute atomic E-state index is 0.0354. The quantitative estimate of drug-likeness (QED) is 0.219. The number of aliphatic hydroxyl groups is 1. The van der Waals surface area contributed by atoms with Gasteiger partial charge < -0.3 is 14.6 Å². The van der Waals surface area contributed by atoms with Crippen LogP contribution in [-0.4, -0.2) is 17.8 Å². The van der Waals surface area contributed by atoms with Crippen molar-refractivity contribution in [3.05, 3.63) is 99.9 Å². The second kappa shape index (κ2) is 11.6. The van der Waals surface area contributed by atoms with Gasteiger partial charge in [-0.1, -0.05) is 55.8 Å². The van der Waals surface area contributed by atoms with Gasteiger partial charge in [-0.3, -0.25) is 0 Å². The molecule has 2 aliphatic rings. The van der Waals surface area contributed by atoms with E-state index in [9.17, 15) is 27.1 Å². The number of rotatable bonds is 9. The smallest absolute Gasteiger partial charge is 0.167 e. The lowest BCUT2D eigenvalue weighted by atomic mass is 9.90. The summed E-state index contributed by atoms with van der Waals surface area (Å²) in [6, 6.07) is 9.95. The summed E-state index contributed by atoms with van der Waals surface area (Å²) in [4.78, 5) is 0. The van der Waals surface area contributed by atoms with Crippen LogP contribution in [0.1, 0.15) is 73.5 Å². The Bertz CT molecular complexity index is 1400. The van der Waals surface area contributed by atoms with Gasteiger partial charge in [0.15, 0.2) is 23.3 Å². The average Bonchev–Trinajstić information content (AvgIpc) is 3.77. The third-order valence-electron chi connectivity index (χ3n) is 7.34. The van der Waals surface area contributed by atoms with Crippen LogP contribution in [-0.2, 0) is 16.1 Å². The lowest BCUT2D eigenvalue weighted by Crippen LogP contribution is -2.16. The van der Waals surface area contributed by atoms with E-state index in [2.05, 4.69) is 0 Å². The topological polar surface area (TPSA) is 42.0 Å². The van der Waals surface area contributed by atoms with Gasteiger partial charge in [0.2, 0.25) is 0 Å². The van der Waals surface area contributed by atoms with Crippen molar-refractivity contribution >= 4 is 5.57 Å². The Morgan fingerprint density at radius 1 is 0.923 bits per heavy atom. The Morgan fingerprint density at radius 3 is 2.31 bits per heavy atom. The summed E-state index contributed by atoms with van der Waals surface area (Å²) in [5.41, 5.74) is 1.26. The fraction of sp³-hybridized carbons (Fsp3) is 0.355. The lowest BCUT2D eigenvalue weighted by molar-refractivity contribution is 0.0358. The van der Waals surface area contributed by atoms with Gasteiger partial charge in [0.1, 0.15) is 11.9 Å². The van der Waals surface area contributed by atoms with Crippen molar-refractivity contribution in [2.75, 3.05) is 6.61 Å². The maximum atomic E-state index is 14.9. The summed E-state index contributed by atoms with van der Waals surface area (Å²) >= 11 is 0. The van der Waals surface area contributed by atoms with Gasteiger partial charge in [-0.25, -0.2) is 22.0 Å². The van der Waals surface area contributed by atoms with Crippen molar-refractivity contribution in [3.8, 4) is 11.1 Å². The maximum Gasteiger partial charge on any atom is 0.167 e. The highest BCUT2D eigenvalue weighted by Crippen LogP contribution is 2.37. The van der Waals surface area contributed by atoms with Crippen molar-refractivity contribution in [3.63, 3.8) is 0 Å². The van der Waals surface area contributed by atoms with E-state index < -0.39 is 41.3 Å². The van der Waals surface area contributed by atoms with Crippen molar-refractivity contribution < 1.29 is 36.5 Å². The summed E-state index contributed by atoms with van der Waals surface area (Å²) in [6.45, 7) is 2.30. The predicted molar refractivity (Wildman–Crippen MR) is 137 cm³/mol. The maximum absolute atomic E-state index is 14.9. The molecule has 3 aromatic carbocycles. The number of hydrogen-bond donors (Lipinski definition) is 1. The molecule has 1 saturated heterocycles. The Kier molecular flexibility index (Phi) is 8.16. The minimum atomic E-state index is -1.11. The standard InChI is InChI=1S/C31H29F5O3/c1-2-3-26(37)23-12-10-20(28(33)30(23)35)18-5-7-19(8-6-18)38-15-17-4-9-21(25(32)14-17)22-11-13-24(27-16-39-27)31(36)29(22)34/h4-5,9-14,19,26-27,37H,2-3,6-8,15-16H2,1H3. The predicted octanol–water partition coefficient (Wildman–Crippen LogP) is 8.11. The number of aliphatic hydroxyl groups excluding tert-OH is 1. The van der Waals surface area contributed by atoms with Crippen LogP contribution in [0.5, 0.6) is 0 Å². The molecule has 1 N–H and O–H groups in total. The molecular formula is C31H29F5O3. The molecule has 0 radical (unpaired) electrons. The van der Waals surface area contributed by atoms with Crippen LogP contribution in [0, 0.1) is 29.1 Å². The molecule has 39 heavy (non-hydrogen) atoms. The van der Waals surface area contributed by atoms with Crippen molar-refractivity contribution in [2.24, 2.45) is 0 Å². The van der Waals surface area contributed by atoms with Crippen LogP contribution >= 0.6 is 0 Å². The Labute approximate surface area is 223 Å². The third-order valence-corrected chi connectivity index (χ3v) is 7.34. The largest absolute Gasteiger partial charge is 0.388 e. The van der Waals surface area contributed by atoms with Gasteiger partial charge in [0.05, 0.1) is 25.4 Å². The molecule has 0 aromatic heterocycles. The van der Waals surface area contributed by atoms with E-state index in [1.807, 2.05) is 13.0 Å². The molecule has 1 aliphatic heterocycles. The monoisotopic (exact) mass is 544 g/mol. The van der Waals surface area contributed by atoms with Gasteiger partial charge in [0.25, 0.3) is 0 Å². The van der Waals surface area contributed by atoms with Crippen molar-refractivity contribution in [1.29, 1.82) is 0 Å². The van der Waals surface area contributed by atoms with Crippen LogP contribution in [0.25, 0.3) is 16.7 Å². The van der Waals surface area contributed by atoms with E-state index in [4.69, 9.17) is 9.47 Å². The number of benzene rings is 3. The first-order valence-corrected chi connectivity index (χ1v) is 13.1. The van der Waals surface area contributed by atoms with Gasteiger partial charge in [0, 0.05) is 27.8 Å². The molecule has 5 rings (SSSR count). The van der Waals surface area contributed by atoms with E-state index in [-0.39, 0.29) is 40.5 Å². The first-order chi connectivity index (χ1) is 18.8. The average molecular weight is 545 g/mol. The highest BCUT2D eigenvalue weighted by Gasteiger charge is 2.30. The van der Waals surface area contributed by atoms with E-state index in [1.54, 1.807) is 6.07 Å². The van der Waals surface area contributed by atoms with E-state index in [0.29, 0.717) is 49.8 Å². The fourth-order valence-corrected chi connectivity index (χ4v) is 5.03. The van der Waals surface area contributed by atoms with Crippen LogP contribution in [0.3, 0.4) is 0 Å². The summed E-state index contributed by atoms with van der Waals surface area (Å²) in [6.07, 6.45) is 2.63. The highest BCUT2D eigenvalue weighted by atomic mass is 19.2. The van der Waals surface area contributed by atoms with Gasteiger partial charge in [-0.2, -0.15) is 0 Å². The highest BCUT2D eigenvalue weighted by molar-refractivity contribution is 5.68. The minimum Gasteiger partial charge on any atom is -0.388 e. The normalized spacial score (nSPS) is 19.6. The molecule has 206 valence electrons. The first kappa shape index (κ1) is 27.5. The summed E-state index contributed by atoms with van der Waals surface area (Å²) < 4.78 is 84.1. The van der Waals surface area contributed by atoms with Crippen LogP contribution in [0.2, 0.25) is 0 Å². The Hall–Kier alpha value is -3.07. The zero-order chi connectivity index (χ0) is 27.7. The molecule has 1 aliphatic carbocycles. The van der Waals surface area contributed by atoms with Gasteiger partial charge >= 0.3 is 0 Å². The summed E-state index contributed by atoms with van der Waals surface area (Å²) in [5.74, 6) is -4.82. The van der Waals surface area contributed by atoms with E-state index in [0.717, 1.165) is 0 Å². The van der Waals surface area contributed by atoms with Crippen molar-refractivity contribution in [2.45, 2.75) is 63.9 Å². The molecule has 1 fully saturated rings. The second-order valence-corrected chi connectivity index (χ2v) is 10.0. The molecular weight excluding hydrogens is 515 g/mol. The number of allylic oxidation sites excluding steroid dienone is 1. The summed E-state index contributed by atoms with van der Waals surface area (Å²) in [7, 11) is 0. The lowest BCUT2D eigenvalue weighted by Gasteiger charge is -2.23. The molecule has 0 amide bonds. The molecule has 0 saturated carbocycles. The van der Waals surface area contributed by atoms with Gasteiger partial charge in [-0.15, -0.1) is 0 Å². The number of halogens is 5. The molecule has 1 heterocycles. The van der Waals surface area contributed by atoms with E-state index in [1.165, 1.54) is 36.4 Å². The fourth-order valence-electron chi connectivity index (χ4n) is 5.03. The summed E-state index contributed by atoms with van der Waals surface area (Å²) in [5, 5.41) is 10.1.